The number of rotatable bonds is 7. The number of thiocarbonyl (C=S) groups is 1. The number of nitrogens with zero attached hydrogens (tertiary/aromatic N) is 2. The van der Waals surface area contributed by atoms with Gasteiger partial charge in [0.05, 0.1) is 10.6 Å². The number of aryl methyl sites for hydroxylation is 1. The molecule has 1 aliphatic rings. The number of furan rings is 1. The number of carbonyl (C=O) groups excluding carboxylic acids is 1. The van der Waals surface area contributed by atoms with Crippen LogP contribution in [-0.2, 0) is 17.8 Å². The van der Waals surface area contributed by atoms with E-state index in [9.17, 15) is 14.9 Å². The van der Waals surface area contributed by atoms with Crippen molar-refractivity contribution in [2.45, 2.75) is 20.0 Å². The van der Waals surface area contributed by atoms with Crippen molar-refractivity contribution in [1.82, 2.24) is 5.32 Å². The molecule has 0 saturated carbocycles. The summed E-state index contributed by atoms with van der Waals surface area (Å²) in [5.74, 6) is 0.758. The minimum atomic E-state index is -0.504. The highest BCUT2D eigenvalue weighted by Crippen LogP contribution is 2.28. The van der Waals surface area contributed by atoms with Gasteiger partial charge in [-0.3, -0.25) is 19.8 Å². The van der Waals surface area contributed by atoms with Crippen molar-refractivity contribution >= 4 is 40.7 Å². The lowest BCUT2D eigenvalue weighted by Gasteiger charge is -2.17. The van der Waals surface area contributed by atoms with Gasteiger partial charge in [-0.05, 0) is 48.5 Å². The number of amides is 1. The fourth-order valence-electron chi connectivity index (χ4n) is 3.35. The lowest BCUT2D eigenvalue weighted by atomic mass is 10.1. The van der Waals surface area contributed by atoms with Gasteiger partial charge in [0.1, 0.15) is 23.8 Å². The first-order valence-electron chi connectivity index (χ1n) is 9.88. The molecule has 0 atom stereocenters. The summed E-state index contributed by atoms with van der Waals surface area (Å²) in [4.78, 5) is 25.1. The van der Waals surface area contributed by atoms with Gasteiger partial charge in [-0.2, -0.15) is 0 Å². The van der Waals surface area contributed by atoms with Gasteiger partial charge in [-0.25, -0.2) is 0 Å². The average molecular weight is 449 g/mol. The molecule has 0 radical (unpaired) electrons. The Kier molecular flexibility index (Phi) is 6.00. The topological polar surface area (TPSA) is 97.9 Å². The number of para-hydroxylation sites is 3. The predicted molar refractivity (Wildman–Crippen MR) is 123 cm³/mol. The molecule has 1 fully saturated rings. The Labute approximate surface area is 189 Å². The zero-order chi connectivity index (χ0) is 22.7. The molecule has 9 heteroatoms. The van der Waals surface area contributed by atoms with Crippen LogP contribution in [0.25, 0.3) is 6.08 Å². The second-order valence-electron chi connectivity index (χ2n) is 6.93. The van der Waals surface area contributed by atoms with Crippen molar-refractivity contribution < 1.29 is 18.9 Å². The number of nitro groups is 1. The summed E-state index contributed by atoms with van der Waals surface area (Å²) in [7, 11) is 0. The summed E-state index contributed by atoms with van der Waals surface area (Å²) in [5.41, 5.74) is 1.93. The van der Waals surface area contributed by atoms with Gasteiger partial charge in [-0.1, -0.05) is 37.3 Å². The van der Waals surface area contributed by atoms with Gasteiger partial charge in [0, 0.05) is 12.1 Å². The molecule has 0 unspecified atom stereocenters. The van der Waals surface area contributed by atoms with Crippen LogP contribution in [-0.4, -0.2) is 15.9 Å². The van der Waals surface area contributed by atoms with Crippen molar-refractivity contribution in [3.05, 3.63) is 93.6 Å². The lowest BCUT2D eigenvalue weighted by molar-refractivity contribution is -0.386. The van der Waals surface area contributed by atoms with E-state index in [1.165, 1.54) is 17.0 Å². The summed E-state index contributed by atoms with van der Waals surface area (Å²) < 4.78 is 11.3. The molecule has 1 saturated heterocycles. The molecule has 32 heavy (non-hydrogen) atoms. The van der Waals surface area contributed by atoms with Crippen molar-refractivity contribution in [3.63, 3.8) is 0 Å². The second kappa shape index (κ2) is 9.03. The number of hydrogen-bond donors (Lipinski definition) is 1. The van der Waals surface area contributed by atoms with Gasteiger partial charge in [0.15, 0.2) is 10.9 Å². The molecule has 1 N–H and O–H groups in total. The first kappa shape index (κ1) is 21.3. The molecule has 1 amide bonds. The molecule has 0 spiro atoms. The maximum atomic E-state index is 13.0. The molecule has 0 aliphatic carbocycles. The van der Waals surface area contributed by atoms with Crippen molar-refractivity contribution in [2.75, 3.05) is 4.90 Å². The summed E-state index contributed by atoms with van der Waals surface area (Å²) in [6, 6.07) is 17.1. The first-order valence-corrected chi connectivity index (χ1v) is 10.3. The highest BCUT2D eigenvalue weighted by atomic mass is 32.1. The second-order valence-corrected chi connectivity index (χ2v) is 7.32. The van der Waals surface area contributed by atoms with E-state index in [2.05, 4.69) is 5.32 Å². The summed E-state index contributed by atoms with van der Waals surface area (Å²) >= 11 is 5.38. The molecule has 4 rings (SSSR count). The molecule has 3 aromatic rings. The van der Waals surface area contributed by atoms with E-state index in [-0.39, 0.29) is 24.0 Å². The summed E-state index contributed by atoms with van der Waals surface area (Å²) in [5, 5.41) is 14.3. The Hall–Kier alpha value is -3.98. The highest BCUT2D eigenvalue weighted by Gasteiger charge is 2.33. The molecule has 162 valence electrons. The Balaban J connectivity index is 1.49. The van der Waals surface area contributed by atoms with Crippen LogP contribution in [0.4, 0.5) is 11.4 Å². The van der Waals surface area contributed by atoms with Crippen LogP contribution >= 0.6 is 12.2 Å². The zero-order valence-electron chi connectivity index (χ0n) is 17.1. The predicted octanol–water partition coefficient (Wildman–Crippen LogP) is 4.59. The fourth-order valence-corrected chi connectivity index (χ4v) is 3.64. The quantitative estimate of drug-likeness (QED) is 0.244. The van der Waals surface area contributed by atoms with Gasteiger partial charge < -0.3 is 14.5 Å². The van der Waals surface area contributed by atoms with E-state index in [0.29, 0.717) is 22.3 Å². The number of hydrogen-bond acceptors (Lipinski definition) is 6. The summed E-state index contributed by atoms with van der Waals surface area (Å²) in [6.07, 6.45) is 2.33. The molecule has 2 heterocycles. The Morgan fingerprint density at radius 2 is 1.91 bits per heavy atom. The molecular formula is C23H19N3O5S. The van der Waals surface area contributed by atoms with Crippen molar-refractivity contribution in [3.8, 4) is 5.75 Å². The number of anilines is 1. The molecule has 1 aliphatic heterocycles. The molecule has 2 aromatic carbocycles. The van der Waals surface area contributed by atoms with Gasteiger partial charge in [0.2, 0.25) is 0 Å². The van der Waals surface area contributed by atoms with Crippen LogP contribution in [0.3, 0.4) is 0 Å². The standard InChI is InChI=1S/C23H19N3O5S/c1-2-15-7-3-4-8-19(15)25-22(27)18(24-23(25)32)13-16-11-12-17(31-16)14-30-21-10-6-5-9-20(21)26(28)29/h3-13H,2,14H2,1H3,(H,24,32)/b18-13+. The van der Waals surface area contributed by atoms with Crippen LogP contribution in [0, 0.1) is 10.1 Å². The average Bonchev–Trinajstić information content (AvgIpc) is 3.36. The van der Waals surface area contributed by atoms with E-state index >= 15 is 0 Å². The number of benzene rings is 2. The zero-order valence-corrected chi connectivity index (χ0v) is 17.9. The number of nitro benzene ring substituents is 1. The molecule has 1 aromatic heterocycles. The van der Waals surface area contributed by atoms with Gasteiger partial charge in [-0.15, -0.1) is 0 Å². The monoisotopic (exact) mass is 449 g/mol. The Bertz CT molecular complexity index is 1230. The third-order valence-corrected chi connectivity index (χ3v) is 5.18. The highest BCUT2D eigenvalue weighted by molar-refractivity contribution is 7.80. The Morgan fingerprint density at radius 1 is 1.16 bits per heavy atom. The maximum absolute atomic E-state index is 13.0. The molecule has 0 bridgehead atoms. The van der Waals surface area contributed by atoms with Crippen LogP contribution in [0.15, 0.2) is 70.8 Å². The minimum absolute atomic E-state index is 0.00378. The van der Waals surface area contributed by atoms with Crippen LogP contribution in [0.5, 0.6) is 5.75 Å². The van der Waals surface area contributed by atoms with Gasteiger partial charge in [0.25, 0.3) is 5.91 Å². The van der Waals surface area contributed by atoms with E-state index in [1.807, 2.05) is 31.2 Å². The van der Waals surface area contributed by atoms with Crippen molar-refractivity contribution in [2.24, 2.45) is 0 Å². The third kappa shape index (κ3) is 4.23. The summed E-state index contributed by atoms with van der Waals surface area (Å²) in [6.45, 7) is 2.02. The van der Waals surface area contributed by atoms with Gasteiger partial charge >= 0.3 is 5.69 Å². The number of carbonyl (C=O) groups is 1. The van der Waals surface area contributed by atoms with E-state index in [1.54, 1.807) is 30.3 Å². The molecular weight excluding hydrogens is 430 g/mol. The largest absolute Gasteiger partial charge is 0.479 e. The van der Waals surface area contributed by atoms with Crippen LogP contribution < -0.4 is 15.0 Å². The Morgan fingerprint density at radius 3 is 2.69 bits per heavy atom. The van der Waals surface area contributed by atoms with E-state index in [4.69, 9.17) is 21.4 Å². The van der Waals surface area contributed by atoms with Crippen molar-refractivity contribution in [1.29, 1.82) is 0 Å². The fraction of sp³-hybridized carbons (Fsp3) is 0.130. The normalized spacial score (nSPS) is 14.7. The maximum Gasteiger partial charge on any atom is 0.310 e. The number of nitrogens with one attached hydrogen (secondary N) is 1. The third-order valence-electron chi connectivity index (χ3n) is 4.89. The lowest BCUT2D eigenvalue weighted by Crippen LogP contribution is -2.31. The minimum Gasteiger partial charge on any atom is -0.479 e. The SMILES string of the molecule is CCc1ccccc1N1C(=O)/C(=C\c2ccc(COc3ccccc3[N+](=O)[O-])o2)NC1=S. The van der Waals surface area contributed by atoms with Crippen LogP contribution in [0.1, 0.15) is 24.0 Å². The number of ether oxygens (including phenoxy) is 1. The first-order chi connectivity index (χ1) is 15.5. The van der Waals surface area contributed by atoms with Crippen LogP contribution in [0.2, 0.25) is 0 Å². The molecule has 8 nitrogen and oxygen atoms in total. The van der Waals surface area contributed by atoms with E-state index < -0.39 is 4.92 Å². The smallest absolute Gasteiger partial charge is 0.310 e. The van der Waals surface area contributed by atoms with E-state index in [0.717, 1.165) is 17.7 Å².